The van der Waals surface area contributed by atoms with Gasteiger partial charge in [0.1, 0.15) is 0 Å². The number of benzene rings is 8. The molecular weight excluding hydrogens is 751 g/mol. The number of rotatable bonds is 10. The number of para-hydroxylation sites is 1. The minimum atomic E-state index is 0.0401. The predicted octanol–water partition coefficient (Wildman–Crippen LogP) is 12.4. The van der Waals surface area contributed by atoms with Gasteiger partial charge in [0.15, 0.2) is 11.6 Å². The van der Waals surface area contributed by atoms with Gasteiger partial charge in [0, 0.05) is 22.4 Å². The van der Waals surface area contributed by atoms with Crippen LogP contribution in [0.3, 0.4) is 0 Å². The Hall–Kier alpha value is -7.37. The molecular formula is C57H49BN4. The first-order valence-corrected chi connectivity index (χ1v) is 21.4. The molecule has 8 aromatic carbocycles. The monoisotopic (exact) mass is 800 g/mol. The fraction of sp³-hybridized carbons (Fsp3) is 0.105. The quantitative estimate of drug-likeness (QED) is 0.129. The molecule has 0 atom stereocenters. The van der Waals surface area contributed by atoms with Crippen LogP contribution in [0, 0.1) is 41.5 Å². The molecule has 62 heavy (non-hydrogen) atoms. The summed E-state index contributed by atoms with van der Waals surface area (Å²) >= 11 is 0. The minimum absolute atomic E-state index is 0.0401. The third-order valence-corrected chi connectivity index (χ3v) is 11.9. The topological polar surface area (TPSA) is 41.9 Å². The highest BCUT2D eigenvalue weighted by Gasteiger charge is 2.29. The van der Waals surface area contributed by atoms with Gasteiger partial charge in [0.05, 0.1) is 5.69 Å². The lowest BCUT2D eigenvalue weighted by Crippen LogP contribution is -2.55. The normalized spacial score (nSPS) is 11.1. The number of anilines is 3. The second-order valence-corrected chi connectivity index (χ2v) is 16.4. The third-order valence-electron chi connectivity index (χ3n) is 11.9. The van der Waals surface area contributed by atoms with E-state index < -0.39 is 0 Å². The Morgan fingerprint density at radius 2 is 0.790 bits per heavy atom. The second-order valence-electron chi connectivity index (χ2n) is 16.4. The first-order valence-electron chi connectivity index (χ1n) is 21.4. The summed E-state index contributed by atoms with van der Waals surface area (Å²) in [6.07, 6.45) is 0. The fourth-order valence-corrected chi connectivity index (χ4v) is 9.33. The lowest BCUT2D eigenvalue weighted by Gasteiger charge is -2.28. The second kappa shape index (κ2) is 17.3. The van der Waals surface area contributed by atoms with E-state index in [2.05, 4.69) is 210 Å². The highest BCUT2D eigenvalue weighted by Crippen LogP contribution is 2.41. The number of hydrogen-bond acceptors (Lipinski definition) is 4. The van der Waals surface area contributed by atoms with Crippen molar-refractivity contribution in [2.75, 3.05) is 4.90 Å². The van der Waals surface area contributed by atoms with Gasteiger partial charge in [0.2, 0.25) is 12.7 Å². The van der Waals surface area contributed by atoms with Gasteiger partial charge in [-0.25, -0.2) is 4.98 Å². The first-order chi connectivity index (χ1) is 30.2. The zero-order valence-electron chi connectivity index (χ0n) is 36.3. The van der Waals surface area contributed by atoms with E-state index in [1.165, 1.54) is 49.8 Å². The molecule has 4 nitrogen and oxygen atoms in total. The van der Waals surface area contributed by atoms with E-state index in [1.54, 1.807) is 0 Å². The molecule has 0 amide bonds. The van der Waals surface area contributed by atoms with Crippen LogP contribution in [0.4, 0.5) is 17.3 Å². The van der Waals surface area contributed by atoms with Gasteiger partial charge >= 0.3 is 0 Å². The largest absolute Gasteiger partial charge is 0.278 e. The molecule has 0 spiro atoms. The van der Waals surface area contributed by atoms with E-state index in [9.17, 15) is 0 Å². The van der Waals surface area contributed by atoms with Crippen molar-refractivity contribution in [3.8, 4) is 45.0 Å². The number of nitrogens with zero attached hydrogens (tertiary/aromatic N) is 4. The van der Waals surface area contributed by atoms with Crippen molar-refractivity contribution in [3.63, 3.8) is 0 Å². The molecule has 0 saturated heterocycles. The molecule has 0 bridgehead atoms. The summed E-state index contributed by atoms with van der Waals surface area (Å²) in [5, 5.41) is 0. The standard InChI is InChI=1S/C57H49BN4/c1-38-34-40(3)53(41(4)35-38)58(54-42(5)36-39(2)37-43(54)6)47-30-32-48(33-31-47)62(52-29-19-18-27-50(52)45-22-12-8-13-23-45)57-60-55(46-24-14-9-15-25-46)59-56(61-57)51-28-17-16-26-49(51)44-20-10-7-11-21-44/h7-37H,1-6H3. The van der Waals surface area contributed by atoms with Gasteiger partial charge in [-0.2, -0.15) is 9.97 Å². The molecule has 0 unspecified atom stereocenters. The third kappa shape index (κ3) is 7.98. The van der Waals surface area contributed by atoms with Crippen LogP contribution in [0.1, 0.15) is 33.4 Å². The smallest absolute Gasteiger partial charge is 0.242 e. The molecule has 1 aromatic heterocycles. The molecule has 300 valence electrons. The van der Waals surface area contributed by atoms with Crippen LogP contribution in [0.2, 0.25) is 0 Å². The lowest BCUT2D eigenvalue weighted by atomic mass is 9.34. The van der Waals surface area contributed by atoms with E-state index in [-0.39, 0.29) is 6.71 Å². The van der Waals surface area contributed by atoms with Crippen LogP contribution in [-0.2, 0) is 0 Å². The maximum atomic E-state index is 5.42. The van der Waals surface area contributed by atoms with Crippen molar-refractivity contribution in [3.05, 3.63) is 221 Å². The molecule has 9 aromatic rings. The zero-order valence-corrected chi connectivity index (χ0v) is 36.3. The zero-order chi connectivity index (χ0) is 42.7. The maximum Gasteiger partial charge on any atom is 0.242 e. The van der Waals surface area contributed by atoms with Crippen LogP contribution in [-0.4, -0.2) is 21.7 Å². The van der Waals surface area contributed by atoms with Gasteiger partial charge < -0.3 is 0 Å². The Kier molecular flexibility index (Phi) is 11.2. The molecule has 0 N–H and O–H groups in total. The molecule has 1 heterocycles. The van der Waals surface area contributed by atoms with Crippen LogP contribution in [0.5, 0.6) is 0 Å². The maximum absolute atomic E-state index is 5.42. The average Bonchev–Trinajstić information content (AvgIpc) is 3.29. The van der Waals surface area contributed by atoms with E-state index in [4.69, 9.17) is 15.0 Å². The number of aromatic nitrogens is 3. The van der Waals surface area contributed by atoms with E-state index in [0.29, 0.717) is 17.6 Å². The summed E-state index contributed by atoms with van der Waals surface area (Å²) < 4.78 is 0. The Morgan fingerprint density at radius 3 is 1.32 bits per heavy atom. The molecule has 0 aliphatic heterocycles. The fourth-order valence-electron chi connectivity index (χ4n) is 9.33. The molecule has 9 rings (SSSR count). The molecule has 5 heteroatoms. The van der Waals surface area contributed by atoms with Crippen LogP contribution in [0.25, 0.3) is 45.0 Å². The minimum Gasteiger partial charge on any atom is -0.278 e. The Morgan fingerprint density at radius 1 is 0.371 bits per heavy atom. The molecule has 0 saturated carbocycles. The van der Waals surface area contributed by atoms with Crippen LogP contribution < -0.4 is 21.3 Å². The summed E-state index contributed by atoms with van der Waals surface area (Å²) in [6.45, 7) is 13.5. The molecule has 0 fully saturated rings. The summed E-state index contributed by atoms with van der Waals surface area (Å²) in [4.78, 5) is 18.2. The van der Waals surface area contributed by atoms with E-state index in [0.717, 1.165) is 44.8 Å². The summed E-state index contributed by atoms with van der Waals surface area (Å²) in [6, 6.07) is 66.5. The van der Waals surface area contributed by atoms with Gasteiger partial charge in [-0.05, 0) is 76.4 Å². The van der Waals surface area contributed by atoms with E-state index >= 15 is 0 Å². The van der Waals surface area contributed by atoms with Crippen LogP contribution >= 0.6 is 0 Å². The van der Waals surface area contributed by atoms with Gasteiger partial charge in [-0.15, -0.1) is 0 Å². The van der Waals surface area contributed by atoms with Crippen molar-refractivity contribution in [1.82, 2.24) is 15.0 Å². The Bertz CT molecular complexity index is 2910. The van der Waals surface area contributed by atoms with Crippen molar-refractivity contribution < 1.29 is 0 Å². The average molecular weight is 801 g/mol. The Balaban J connectivity index is 1.28. The highest BCUT2D eigenvalue weighted by molar-refractivity contribution is 6.96. The van der Waals surface area contributed by atoms with E-state index in [1.807, 2.05) is 24.3 Å². The van der Waals surface area contributed by atoms with Crippen molar-refractivity contribution in [2.45, 2.75) is 41.5 Å². The lowest BCUT2D eigenvalue weighted by molar-refractivity contribution is 1.02. The van der Waals surface area contributed by atoms with Crippen molar-refractivity contribution in [1.29, 1.82) is 0 Å². The first kappa shape index (κ1) is 40.1. The summed E-state index contributed by atoms with van der Waals surface area (Å²) in [7, 11) is 0. The molecule has 0 aliphatic carbocycles. The SMILES string of the molecule is Cc1cc(C)c(B(c2ccc(N(c3nc(-c4ccccc4)nc(-c4ccccc4-c4ccccc4)n3)c3ccccc3-c3ccccc3)cc2)c2c(C)cc(C)cc2C)c(C)c1. The predicted molar refractivity (Wildman–Crippen MR) is 262 cm³/mol. The summed E-state index contributed by atoms with van der Waals surface area (Å²) in [5.41, 5.74) is 19.8. The van der Waals surface area contributed by atoms with Crippen molar-refractivity contribution in [2.24, 2.45) is 0 Å². The number of hydrogen-bond donors (Lipinski definition) is 0. The van der Waals surface area contributed by atoms with Crippen molar-refractivity contribution >= 4 is 40.4 Å². The van der Waals surface area contributed by atoms with Gasteiger partial charge in [-0.3, -0.25) is 4.90 Å². The molecule has 0 radical (unpaired) electrons. The van der Waals surface area contributed by atoms with Gasteiger partial charge in [-0.1, -0.05) is 220 Å². The Labute approximate surface area is 366 Å². The van der Waals surface area contributed by atoms with Crippen LogP contribution in [0.15, 0.2) is 188 Å². The van der Waals surface area contributed by atoms with Gasteiger partial charge in [0.25, 0.3) is 0 Å². The highest BCUT2D eigenvalue weighted by atomic mass is 15.3. The number of aryl methyl sites for hydroxylation is 6. The summed E-state index contributed by atoms with van der Waals surface area (Å²) in [5.74, 6) is 1.73. The molecule has 0 aliphatic rings.